The molecule has 0 aromatic heterocycles. The van der Waals surface area contributed by atoms with Crippen LogP contribution in [0.3, 0.4) is 0 Å². The number of hydrogen-bond donors (Lipinski definition) is 0. The van der Waals surface area contributed by atoms with Crippen LogP contribution in [0.15, 0.2) is 28.0 Å². The first-order valence-corrected chi connectivity index (χ1v) is 11.9. The predicted octanol–water partition coefficient (Wildman–Crippen LogP) is 6.85. The second kappa shape index (κ2) is 10.00. The number of carbonyl (C=O) groups is 1. The number of alkyl halides is 3. The maximum absolute atomic E-state index is 12.7. The third-order valence-corrected chi connectivity index (χ3v) is 8.24. The lowest BCUT2D eigenvalue weighted by Gasteiger charge is -2.12. The zero-order valence-corrected chi connectivity index (χ0v) is 20.1. The maximum atomic E-state index is 12.7. The van der Waals surface area contributed by atoms with E-state index in [4.69, 9.17) is 62.7 Å². The molecule has 0 atom stereocenters. The minimum atomic E-state index is -5.81. The van der Waals surface area contributed by atoms with E-state index in [1.807, 2.05) is 0 Å². The van der Waals surface area contributed by atoms with Crippen LogP contribution in [0.25, 0.3) is 0 Å². The second-order valence-electron chi connectivity index (χ2n) is 5.50. The Kier molecular flexibility index (Phi) is 8.47. The van der Waals surface area contributed by atoms with Gasteiger partial charge in [0, 0.05) is 6.07 Å². The lowest BCUT2D eigenvalue weighted by molar-refractivity contribution is -0.388. The molecule has 174 valence electrons. The summed E-state index contributed by atoms with van der Waals surface area (Å²) in [5.41, 5.74) is -6.62. The fourth-order valence-electron chi connectivity index (χ4n) is 2.02. The van der Waals surface area contributed by atoms with E-state index in [9.17, 15) is 36.5 Å². The SMILES string of the molecule is O=C(CSc1ccc(S(=O)(=O)C(F)(F)F)cc1[N+](=O)[O-])Oc1c(Cl)c(Cl)c(Cl)c(Cl)c1Cl. The number of sulfone groups is 1. The Balaban J connectivity index is 2.28. The number of carbonyl (C=O) groups excluding carboxylic acids is 1. The van der Waals surface area contributed by atoms with E-state index in [0.717, 1.165) is 6.07 Å². The number of thioether (sulfide) groups is 1. The van der Waals surface area contributed by atoms with Crippen molar-refractivity contribution in [2.24, 2.45) is 0 Å². The van der Waals surface area contributed by atoms with E-state index in [2.05, 4.69) is 0 Å². The van der Waals surface area contributed by atoms with Crippen LogP contribution in [-0.4, -0.2) is 30.6 Å². The van der Waals surface area contributed by atoms with Crippen LogP contribution >= 0.6 is 69.8 Å². The molecule has 0 aliphatic carbocycles. The molecule has 0 N–H and O–H groups in total. The van der Waals surface area contributed by atoms with E-state index in [1.54, 1.807) is 0 Å². The minimum absolute atomic E-state index is 0.193. The first-order valence-electron chi connectivity index (χ1n) is 7.54. The van der Waals surface area contributed by atoms with Crippen molar-refractivity contribution in [2.75, 3.05) is 5.75 Å². The van der Waals surface area contributed by atoms with Gasteiger partial charge in [-0.3, -0.25) is 14.9 Å². The zero-order chi connectivity index (χ0) is 24.6. The summed E-state index contributed by atoms with van der Waals surface area (Å²) in [6.45, 7) is 0. The molecule has 0 spiro atoms. The molecule has 17 heteroatoms. The molecule has 0 unspecified atom stereocenters. The van der Waals surface area contributed by atoms with Crippen LogP contribution in [0.1, 0.15) is 0 Å². The summed E-state index contributed by atoms with van der Waals surface area (Å²) in [7, 11) is -5.81. The van der Waals surface area contributed by atoms with E-state index >= 15 is 0 Å². The number of ether oxygens (including phenoxy) is 1. The van der Waals surface area contributed by atoms with Crippen LogP contribution in [-0.2, 0) is 14.6 Å². The van der Waals surface area contributed by atoms with Gasteiger partial charge in [0.05, 0.1) is 35.5 Å². The van der Waals surface area contributed by atoms with Crippen molar-refractivity contribution >= 4 is 91.3 Å². The molecule has 0 fully saturated rings. The average Bonchev–Trinajstić information content (AvgIpc) is 2.71. The Bertz CT molecular complexity index is 1190. The Morgan fingerprint density at radius 1 is 1.03 bits per heavy atom. The molecule has 0 aliphatic rings. The summed E-state index contributed by atoms with van der Waals surface area (Å²) in [6, 6.07) is 1.52. The average molecular weight is 594 g/mol. The largest absolute Gasteiger partial charge is 0.501 e. The number of hydrogen-bond acceptors (Lipinski definition) is 7. The van der Waals surface area contributed by atoms with Crippen molar-refractivity contribution in [1.82, 2.24) is 0 Å². The van der Waals surface area contributed by atoms with Crippen molar-refractivity contribution < 1.29 is 36.0 Å². The molecule has 2 rings (SSSR count). The molecule has 0 amide bonds. The van der Waals surface area contributed by atoms with Crippen LogP contribution in [0.4, 0.5) is 18.9 Å². The number of rotatable bonds is 6. The fraction of sp³-hybridized carbons (Fsp3) is 0.133. The number of nitro groups is 1. The van der Waals surface area contributed by atoms with Gasteiger partial charge in [-0.1, -0.05) is 58.0 Å². The third kappa shape index (κ3) is 5.49. The highest BCUT2D eigenvalue weighted by atomic mass is 35.5. The standard InChI is InChI=1S/C15H5Cl5F3NO6S2/c16-9-10(17)12(19)14(13(20)11(9)18)30-8(25)4-31-7-2-1-5(3-6(7)24(26)27)32(28,29)15(21,22)23/h1-3H,4H2. The van der Waals surface area contributed by atoms with Gasteiger partial charge in [0.15, 0.2) is 5.75 Å². The van der Waals surface area contributed by atoms with Gasteiger partial charge in [0.2, 0.25) is 0 Å². The summed E-state index contributed by atoms with van der Waals surface area (Å²) < 4.78 is 66.0. The van der Waals surface area contributed by atoms with Crippen molar-refractivity contribution in [1.29, 1.82) is 0 Å². The van der Waals surface area contributed by atoms with Crippen LogP contribution < -0.4 is 4.74 Å². The first kappa shape index (κ1) is 27.1. The maximum Gasteiger partial charge on any atom is 0.501 e. The predicted molar refractivity (Wildman–Crippen MR) is 114 cm³/mol. The van der Waals surface area contributed by atoms with Crippen molar-refractivity contribution in [3.05, 3.63) is 53.4 Å². The fourth-order valence-corrected chi connectivity index (χ4v) is 4.77. The van der Waals surface area contributed by atoms with Gasteiger partial charge in [-0.25, -0.2) is 8.42 Å². The van der Waals surface area contributed by atoms with Gasteiger partial charge < -0.3 is 4.74 Å². The Morgan fingerprint density at radius 3 is 2.00 bits per heavy atom. The second-order valence-corrected chi connectivity index (χ2v) is 10.3. The van der Waals surface area contributed by atoms with Gasteiger partial charge >= 0.3 is 11.5 Å². The zero-order valence-electron chi connectivity index (χ0n) is 14.7. The topological polar surface area (TPSA) is 104 Å². The molecular formula is C15H5Cl5F3NO6S2. The highest BCUT2D eigenvalue weighted by molar-refractivity contribution is 8.00. The van der Waals surface area contributed by atoms with E-state index < -0.39 is 48.3 Å². The van der Waals surface area contributed by atoms with Crippen LogP contribution in [0.5, 0.6) is 5.75 Å². The van der Waals surface area contributed by atoms with E-state index in [1.165, 1.54) is 0 Å². The highest BCUT2D eigenvalue weighted by Crippen LogP contribution is 2.48. The molecule has 2 aromatic rings. The third-order valence-electron chi connectivity index (χ3n) is 3.47. The van der Waals surface area contributed by atoms with Crippen LogP contribution in [0.2, 0.25) is 25.1 Å². The molecule has 0 saturated carbocycles. The van der Waals surface area contributed by atoms with Gasteiger partial charge in [-0.15, -0.1) is 11.8 Å². The normalized spacial score (nSPS) is 12.0. The molecule has 0 heterocycles. The Hall–Kier alpha value is -1.15. The van der Waals surface area contributed by atoms with Crippen molar-refractivity contribution in [2.45, 2.75) is 15.3 Å². The molecule has 2 aromatic carbocycles. The Morgan fingerprint density at radius 2 is 1.53 bits per heavy atom. The molecule has 0 bridgehead atoms. The van der Waals surface area contributed by atoms with Gasteiger partial charge in [-0.05, 0) is 12.1 Å². The lowest BCUT2D eigenvalue weighted by Crippen LogP contribution is -2.23. The lowest BCUT2D eigenvalue weighted by atomic mass is 10.3. The van der Waals surface area contributed by atoms with Gasteiger partial charge in [-0.2, -0.15) is 13.2 Å². The number of nitrogens with zero attached hydrogens (tertiary/aromatic N) is 1. The highest BCUT2D eigenvalue weighted by Gasteiger charge is 2.47. The summed E-state index contributed by atoms with van der Waals surface area (Å²) in [4.78, 5) is 20.6. The van der Waals surface area contributed by atoms with E-state index in [-0.39, 0.29) is 36.1 Å². The Labute approximate surface area is 206 Å². The molecule has 0 saturated heterocycles. The van der Waals surface area contributed by atoms with Crippen LogP contribution in [0, 0.1) is 10.1 Å². The number of benzene rings is 2. The molecule has 0 radical (unpaired) electrons. The molecule has 7 nitrogen and oxygen atoms in total. The smallest absolute Gasteiger partial charge is 0.423 e. The first-order chi connectivity index (χ1) is 14.6. The quantitative estimate of drug-likeness (QED) is 0.0686. The van der Waals surface area contributed by atoms with Crippen molar-refractivity contribution in [3.8, 4) is 5.75 Å². The molecule has 0 aliphatic heterocycles. The molecular weight excluding hydrogens is 589 g/mol. The minimum Gasteiger partial charge on any atom is -0.423 e. The summed E-state index contributed by atoms with van der Waals surface area (Å²) in [5, 5.41) is 9.83. The van der Waals surface area contributed by atoms with Gasteiger partial charge in [0.1, 0.15) is 10.0 Å². The monoisotopic (exact) mass is 591 g/mol. The molecule has 32 heavy (non-hydrogen) atoms. The summed E-state index contributed by atoms with van der Waals surface area (Å²) >= 11 is 29.8. The van der Waals surface area contributed by atoms with Gasteiger partial charge in [0.25, 0.3) is 15.5 Å². The van der Waals surface area contributed by atoms with Crippen molar-refractivity contribution in [3.63, 3.8) is 0 Å². The van der Waals surface area contributed by atoms with E-state index in [0.29, 0.717) is 17.8 Å². The summed E-state index contributed by atoms with van der Waals surface area (Å²) in [5.74, 6) is -2.09. The summed E-state index contributed by atoms with van der Waals surface area (Å²) in [6.07, 6.45) is 0. The number of esters is 1. The number of halogens is 8. The number of nitro benzene ring substituents is 1.